The molecule has 1 spiro atoms. The number of hydrogen-bond donors (Lipinski definition) is 0. The van der Waals surface area contributed by atoms with Gasteiger partial charge in [0.15, 0.2) is 0 Å². The van der Waals surface area contributed by atoms with E-state index in [9.17, 15) is 9.59 Å². The number of rotatable bonds is 3. The molecule has 2 aliphatic rings. The lowest BCUT2D eigenvalue weighted by atomic mass is 9.92. The predicted molar refractivity (Wildman–Crippen MR) is 117 cm³/mol. The smallest absolute Gasteiger partial charge is 0.337 e. The number of methoxy groups -OCH3 is 1. The Morgan fingerprint density at radius 3 is 2.57 bits per heavy atom. The molecule has 150 valence electrons. The number of anilines is 2. The molecule has 0 bridgehead atoms. The Morgan fingerprint density at radius 2 is 1.83 bits per heavy atom. The first-order chi connectivity index (χ1) is 14.5. The van der Waals surface area contributed by atoms with E-state index >= 15 is 0 Å². The summed E-state index contributed by atoms with van der Waals surface area (Å²) in [4.78, 5) is 27.7. The van der Waals surface area contributed by atoms with Gasteiger partial charge in [-0.05, 0) is 66.4 Å². The van der Waals surface area contributed by atoms with Crippen LogP contribution in [0.1, 0.15) is 39.4 Å². The molecule has 4 nitrogen and oxygen atoms in total. The van der Waals surface area contributed by atoms with Crippen LogP contribution in [0.15, 0.2) is 66.7 Å². The molecule has 0 saturated heterocycles. The van der Waals surface area contributed by atoms with Crippen LogP contribution < -0.4 is 4.90 Å². The van der Waals surface area contributed by atoms with Crippen molar-refractivity contribution in [1.29, 1.82) is 0 Å². The Labute approximate surface area is 180 Å². The van der Waals surface area contributed by atoms with Gasteiger partial charge in [-0.3, -0.25) is 9.69 Å². The van der Waals surface area contributed by atoms with E-state index in [1.165, 1.54) is 7.11 Å². The Morgan fingerprint density at radius 1 is 1.10 bits per heavy atom. The van der Waals surface area contributed by atoms with Gasteiger partial charge in [0.05, 0.1) is 29.5 Å². The minimum atomic E-state index is -0.570. The van der Waals surface area contributed by atoms with Crippen molar-refractivity contribution in [2.24, 2.45) is 0 Å². The van der Waals surface area contributed by atoms with Crippen molar-refractivity contribution < 1.29 is 14.3 Å². The number of carbonyl (C=O) groups excluding carboxylic acids is 2. The van der Waals surface area contributed by atoms with Crippen LogP contribution in [0, 0.1) is 6.92 Å². The summed E-state index contributed by atoms with van der Waals surface area (Å²) in [7, 11) is 1.36. The third-order valence-corrected chi connectivity index (χ3v) is 6.44. The quantitative estimate of drug-likeness (QED) is 0.526. The van der Waals surface area contributed by atoms with Gasteiger partial charge in [-0.1, -0.05) is 41.9 Å². The molecule has 5 rings (SSSR count). The van der Waals surface area contributed by atoms with Crippen LogP contribution in [0.3, 0.4) is 0 Å². The first kappa shape index (κ1) is 18.9. The van der Waals surface area contributed by atoms with E-state index in [1.54, 1.807) is 17.0 Å². The fraction of sp³-hybridized carbons (Fsp3) is 0.200. The Kier molecular flexibility index (Phi) is 4.23. The average molecular weight is 418 g/mol. The van der Waals surface area contributed by atoms with E-state index in [4.69, 9.17) is 16.3 Å². The van der Waals surface area contributed by atoms with E-state index in [-0.39, 0.29) is 11.8 Å². The minimum Gasteiger partial charge on any atom is -0.465 e. The van der Waals surface area contributed by atoms with Crippen molar-refractivity contribution in [3.63, 3.8) is 0 Å². The van der Waals surface area contributed by atoms with Crippen LogP contribution in [0.4, 0.5) is 11.4 Å². The summed E-state index contributed by atoms with van der Waals surface area (Å²) in [5.74, 6) is -0.261. The summed E-state index contributed by atoms with van der Waals surface area (Å²) in [6, 6.07) is 21.1. The van der Waals surface area contributed by atoms with Gasteiger partial charge in [-0.15, -0.1) is 0 Å². The Bertz CT molecular complexity index is 1190. The number of carbonyl (C=O) groups is 2. The number of halogens is 1. The molecule has 3 aromatic rings. The third-order valence-electron chi connectivity index (χ3n) is 6.18. The maximum absolute atomic E-state index is 13.8. The van der Waals surface area contributed by atoms with Crippen LogP contribution in [-0.4, -0.2) is 19.0 Å². The standard InChI is InChI=1S/C25H20ClNO3/c1-15-11-17(23(28)30-2)13-19(12-15)27-22-6-4-3-5-20(22)25(24(27)29)14-21(25)16-7-9-18(26)10-8-16/h3-13,21H,14H2,1-2H3. The second kappa shape index (κ2) is 6.71. The number of hydrogen-bond acceptors (Lipinski definition) is 3. The highest BCUT2D eigenvalue weighted by molar-refractivity contribution is 6.30. The molecule has 30 heavy (non-hydrogen) atoms. The third kappa shape index (κ3) is 2.67. The summed E-state index contributed by atoms with van der Waals surface area (Å²) in [6.45, 7) is 1.91. The number of ether oxygens (including phenoxy) is 1. The average Bonchev–Trinajstić information content (AvgIpc) is 3.45. The van der Waals surface area contributed by atoms with Crippen LogP contribution in [0.5, 0.6) is 0 Å². The van der Waals surface area contributed by atoms with E-state index in [2.05, 4.69) is 0 Å². The zero-order chi connectivity index (χ0) is 21.0. The van der Waals surface area contributed by atoms with Crippen molar-refractivity contribution >= 4 is 34.9 Å². The van der Waals surface area contributed by atoms with Crippen molar-refractivity contribution in [3.8, 4) is 0 Å². The van der Waals surface area contributed by atoms with Gasteiger partial charge in [0.25, 0.3) is 0 Å². The SMILES string of the molecule is COC(=O)c1cc(C)cc(N2C(=O)C3(CC3c3ccc(Cl)cc3)c3ccccc32)c1. The van der Waals surface area contributed by atoms with Gasteiger partial charge in [0, 0.05) is 10.9 Å². The molecule has 0 aromatic heterocycles. The fourth-order valence-electron chi connectivity index (χ4n) is 4.75. The number of benzene rings is 3. The van der Waals surface area contributed by atoms with Gasteiger partial charge in [-0.25, -0.2) is 4.79 Å². The largest absolute Gasteiger partial charge is 0.465 e. The zero-order valence-electron chi connectivity index (χ0n) is 16.7. The first-order valence-electron chi connectivity index (χ1n) is 9.85. The van der Waals surface area contributed by atoms with Crippen molar-refractivity contribution in [2.75, 3.05) is 12.0 Å². The first-order valence-corrected chi connectivity index (χ1v) is 10.2. The summed E-state index contributed by atoms with van der Waals surface area (Å²) < 4.78 is 4.89. The molecule has 1 amide bonds. The Balaban J connectivity index is 1.62. The van der Waals surface area contributed by atoms with E-state index < -0.39 is 11.4 Å². The molecule has 2 unspecified atom stereocenters. The summed E-state index contributed by atoms with van der Waals surface area (Å²) in [5.41, 5.74) is 4.47. The number of amides is 1. The zero-order valence-corrected chi connectivity index (χ0v) is 17.4. The molecule has 1 saturated carbocycles. The molecule has 1 heterocycles. The van der Waals surface area contributed by atoms with Gasteiger partial charge in [0.1, 0.15) is 0 Å². The second-order valence-electron chi connectivity index (χ2n) is 7.99. The predicted octanol–water partition coefficient (Wildman–Crippen LogP) is 5.54. The monoisotopic (exact) mass is 417 g/mol. The molecule has 1 fully saturated rings. The molecule has 5 heteroatoms. The highest BCUT2D eigenvalue weighted by Gasteiger charge is 2.67. The molecule has 3 aromatic carbocycles. The number of fused-ring (bicyclic) bond motifs is 2. The molecule has 2 atom stereocenters. The van der Waals surface area contributed by atoms with Crippen LogP contribution in [0.2, 0.25) is 5.02 Å². The lowest BCUT2D eigenvalue weighted by Crippen LogP contribution is -2.29. The lowest BCUT2D eigenvalue weighted by molar-refractivity contribution is -0.119. The fourth-order valence-corrected chi connectivity index (χ4v) is 4.87. The number of esters is 1. The minimum absolute atomic E-state index is 0.0464. The van der Waals surface area contributed by atoms with Crippen LogP contribution in [-0.2, 0) is 14.9 Å². The highest BCUT2D eigenvalue weighted by Crippen LogP contribution is 2.67. The normalized spacial score (nSPS) is 21.6. The Hall–Kier alpha value is -3.11. The molecule has 0 N–H and O–H groups in total. The van der Waals surface area contributed by atoms with Crippen molar-refractivity contribution in [2.45, 2.75) is 24.7 Å². The highest BCUT2D eigenvalue weighted by atomic mass is 35.5. The van der Waals surface area contributed by atoms with E-state index in [0.717, 1.165) is 28.8 Å². The van der Waals surface area contributed by atoms with Gasteiger partial charge in [-0.2, -0.15) is 0 Å². The van der Waals surface area contributed by atoms with Crippen LogP contribution in [0.25, 0.3) is 0 Å². The van der Waals surface area contributed by atoms with Crippen LogP contribution >= 0.6 is 11.6 Å². The lowest BCUT2D eigenvalue weighted by Gasteiger charge is -2.20. The van der Waals surface area contributed by atoms with Gasteiger partial charge >= 0.3 is 5.97 Å². The van der Waals surface area contributed by atoms with Gasteiger partial charge < -0.3 is 4.74 Å². The van der Waals surface area contributed by atoms with Gasteiger partial charge in [0.2, 0.25) is 5.91 Å². The maximum Gasteiger partial charge on any atom is 0.337 e. The molecular formula is C25H20ClNO3. The topological polar surface area (TPSA) is 46.6 Å². The van der Waals surface area contributed by atoms with E-state index in [0.29, 0.717) is 16.3 Å². The number of nitrogens with zero attached hydrogens (tertiary/aromatic N) is 1. The number of aryl methyl sites for hydroxylation is 1. The van der Waals surface area contributed by atoms with E-state index in [1.807, 2.05) is 61.5 Å². The second-order valence-corrected chi connectivity index (χ2v) is 8.42. The van der Waals surface area contributed by atoms with Crippen molar-refractivity contribution in [1.82, 2.24) is 0 Å². The molecule has 0 radical (unpaired) electrons. The van der Waals surface area contributed by atoms with Crippen molar-refractivity contribution in [3.05, 3.63) is 94.0 Å². The maximum atomic E-state index is 13.8. The molecule has 1 aliphatic carbocycles. The summed E-state index contributed by atoms with van der Waals surface area (Å²) in [5, 5.41) is 0.684. The summed E-state index contributed by atoms with van der Waals surface area (Å²) in [6.07, 6.45) is 0.761. The number of para-hydroxylation sites is 1. The molecular weight excluding hydrogens is 398 g/mol. The molecule has 1 aliphatic heterocycles. The summed E-state index contributed by atoms with van der Waals surface area (Å²) >= 11 is 6.06.